The molecule has 1 unspecified atom stereocenters. The van der Waals surface area contributed by atoms with E-state index in [1.165, 1.54) is 0 Å². The Kier molecular flexibility index (Phi) is 5.56. The number of aliphatic carboxylic acids is 1. The summed E-state index contributed by atoms with van der Waals surface area (Å²) in [7, 11) is 1.69. The second-order valence-corrected chi connectivity index (χ2v) is 9.39. The van der Waals surface area contributed by atoms with Gasteiger partial charge in [-0.05, 0) is 53.9 Å². The molecular formula is C26H28N2O5. The number of nitrogens with zero attached hydrogens (tertiary/aromatic N) is 1. The van der Waals surface area contributed by atoms with Crippen LogP contribution in [0.15, 0.2) is 48.5 Å². The quantitative estimate of drug-likeness (QED) is 0.674. The summed E-state index contributed by atoms with van der Waals surface area (Å²) in [4.78, 5) is 38.5. The summed E-state index contributed by atoms with van der Waals surface area (Å²) in [6.45, 7) is 0.199. The zero-order chi connectivity index (χ0) is 23.1. The maximum Gasteiger partial charge on any atom is 0.407 e. The fourth-order valence-electron chi connectivity index (χ4n) is 5.08. The van der Waals surface area contributed by atoms with Crippen LogP contribution in [0.25, 0.3) is 11.1 Å². The lowest BCUT2D eigenvalue weighted by molar-refractivity contribution is -0.150. The van der Waals surface area contributed by atoms with Gasteiger partial charge in [-0.3, -0.25) is 9.59 Å². The van der Waals surface area contributed by atoms with Gasteiger partial charge in [-0.15, -0.1) is 0 Å². The summed E-state index contributed by atoms with van der Waals surface area (Å²) in [5.41, 5.74) is 4.60. The molecule has 172 valence electrons. The van der Waals surface area contributed by atoms with E-state index in [-0.39, 0.29) is 36.3 Å². The van der Waals surface area contributed by atoms with Crippen molar-refractivity contribution in [3.8, 4) is 11.1 Å². The number of likely N-dealkylation sites (N-methyl/N-ethyl adjacent to an activating group) is 1. The van der Waals surface area contributed by atoms with E-state index < -0.39 is 18.1 Å². The zero-order valence-electron chi connectivity index (χ0n) is 18.6. The lowest BCUT2D eigenvalue weighted by atomic mass is 9.79. The summed E-state index contributed by atoms with van der Waals surface area (Å²) in [5.74, 6) is -1.30. The van der Waals surface area contributed by atoms with Crippen LogP contribution >= 0.6 is 0 Å². The van der Waals surface area contributed by atoms with Gasteiger partial charge in [0.05, 0.1) is 5.92 Å². The molecule has 1 atom stereocenters. The van der Waals surface area contributed by atoms with Crippen LogP contribution in [0, 0.1) is 11.8 Å². The number of carboxylic acids is 1. The van der Waals surface area contributed by atoms with Crippen molar-refractivity contribution in [3.05, 3.63) is 59.7 Å². The third-order valence-electron chi connectivity index (χ3n) is 7.33. The normalized spacial score (nSPS) is 21.8. The van der Waals surface area contributed by atoms with Crippen molar-refractivity contribution in [1.82, 2.24) is 10.2 Å². The molecule has 0 saturated heterocycles. The molecule has 3 aliphatic carbocycles. The molecule has 0 radical (unpaired) electrons. The minimum absolute atomic E-state index is 0.0381. The van der Waals surface area contributed by atoms with Gasteiger partial charge >= 0.3 is 12.1 Å². The van der Waals surface area contributed by atoms with Crippen LogP contribution in [0.3, 0.4) is 0 Å². The van der Waals surface area contributed by atoms with Gasteiger partial charge in [-0.25, -0.2) is 4.79 Å². The molecule has 5 rings (SSSR count). The van der Waals surface area contributed by atoms with Crippen LogP contribution in [-0.4, -0.2) is 53.7 Å². The molecule has 0 aromatic heterocycles. The SMILES string of the molecule is CN(C(=O)C(NC(=O)OCC1c2ccccc2-c2ccccc21)C1CC1)C1CC(C(=O)O)C1. The van der Waals surface area contributed by atoms with E-state index in [1.807, 2.05) is 24.3 Å². The Bertz CT molecular complexity index is 1040. The Balaban J connectivity index is 1.21. The number of benzene rings is 2. The number of amides is 2. The minimum atomic E-state index is -0.817. The number of hydrogen-bond acceptors (Lipinski definition) is 4. The number of fused-ring (bicyclic) bond motifs is 3. The number of carbonyl (C=O) groups is 3. The van der Waals surface area contributed by atoms with Crippen LogP contribution in [-0.2, 0) is 14.3 Å². The Morgan fingerprint density at radius 1 is 1.03 bits per heavy atom. The summed E-state index contributed by atoms with van der Waals surface area (Å²) in [6, 6.07) is 15.6. The standard InChI is InChI=1S/C26H28N2O5/c1-28(17-12-16(13-17)25(30)31)24(29)23(15-10-11-15)27-26(32)33-14-22-20-8-4-2-6-18(20)19-7-3-5-9-21(19)22/h2-9,15-17,22-23H,10-14H2,1H3,(H,27,32)(H,30,31). The Morgan fingerprint density at radius 2 is 1.61 bits per heavy atom. The number of alkyl carbamates (subject to hydrolysis) is 1. The van der Waals surface area contributed by atoms with Crippen molar-refractivity contribution in [2.24, 2.45) is 11.8 Å². The largest absolute Gasteiger partial charge is 0.481 e. The first-order valence-electron chi connectivity index (χ1n) is 11.5. The fraction of sp³-hybridized carbons (Fsp3) is 0.423. The molecule has 2 saturated carbocycles. The van der Waals surface area contributed by atoms with Crippen LogP contribution in [0.4, 0.5) is 4.79 Å². The zero-order valence-corrected chi connectivity index (χ0v) is 18.6. The number of carbonyl (C=O) groups excluding carboxylic acids is 2. The molecule has 0 spiro atoms. The summed E-state index contributed by atoms with van der Waals surface area (Å²) < 4.78 is 5.63. The third-order valence-corrected chi connectivity index (χ3v) is 7.33. The predicted octanol–water partition coefficient (Wildman–Crippen LogP) is 3.63. The van der Waals surface area contributed by atoms with E-state index in [0.717, 1.165) is 35.1 Å². The summed E-state index contributed by atoms with van der Waals surface area (Å²) in [6.07, 6.45) is 2.10. The average molecular weight is 449 g/mol. The highest BCUT2D eigenvalue weighted by Crippen LogP contribution is 2.44. The highest BCUT2D eigenvalue weighted by atomic mass is 16.5. The first-order chi connectivity index (χ1) is 15.9. The first-order valence-corrected chi connectivity index (χ1v) is 11.5. The molecule has 0 aliphatic heterocycles. The maximum atomic E-state index is 13.1. The monoisotopic (exact) mass is 448 g/mol. The first kappa shape index (κ1) is 21.5. The molecule has 2 amide bonds. The lowest BCUT2D eigenvalue weighted by Gasteiger charge is -2.40. The molecule has 2 aromatic rings. The average Bonchev–Trinajstić information content (AvgIpc) is 3.57. The minimum Gasteiger partial charge on any atom is -0.481 e. The highest BCUT2D eigenvalue weighted by Gasteiger charge is 2.44. The lowest BCUT2D eigenvalue weighted by Crippen LogP contribution is -2.55. The summed E-state index contributed by atoms with van der Waals surface area (Å²) in [5, 5.41) is 11.9. The van der Waals surface area contributed by atoms with Gasteiger partial charge in [-0.2, -0.15) is 0 Å². The highest BCUT2D eigenvalue weighted by molar-refractivity contribution is 5.87. The molecule has 33 heavy (non-hydrogen) atoms. The summed E-state index contributed by atoms with van der Waals surface area (Å²) >= 11 is 0. The van der Waals surface area contributed by atoms with E-state index in [0.29, 0.717) is 12.8 Å². The van der Waals surface area contributed by atoms with Gasteiger partial charge in [0.1, 0.15) is 12.6 Å². The van der Waals surface area contributed by atoms with Crippen LogP contribution < -0.4 is 5.32 Å². The van der Waals surface area contributed by atoms with Crippen LogP contribution in [0.5, 0.6) is 0 Å². The van der Waals surface area contributed by atoms with Crippen molar-refractivity contribution in [1.29, 1.82) is 0 Å². The van der Waals surface area contributed by atoms with Crippen LogP contribution in [0.2, 0.25) is 0 Å². The van der Waals surface area contributed by atoms with E-state index >= 15 is 0 Å². The van der Waals surface area contributed by atoms with Gasteiger partial charge in [0.2, 0.25) is 5.91 Å². The van der Waals surface area contributed by atoms with Gasteiger partial charge < -0.3 is 20.1 Å². The molecular weight excluding hydrogens is 420 g/mol. The second kappa shape index (κ2) is 8.54. The molecule has 0 heterocycles. The van der Waals surface area contributed by atoms with Gasteiger partial charge in [0, 0.05) is 19.0 Å². The molecule has 3 aliphatic rings. The van der Waals surface area contributed by atoms with Crippen molar-refractivity contribution in [3.63, 3.8) is 0 Å². The molecule has 2 fully saturated rings. The van der Waals surface area contributed by atoms with Crippen molar-refractivity contribution in [2.75, 3.05) is 13.7 Å². The van der Waals surface area contributed by atoms with Crippen molar-refractivity contribution < 1.29 is 24.2 Å². The number of hydrogen-bond donors (Lipinski definition) is 2. The third kappa shape index (κ3) is 4.08. The van der Waals surface area contributed by atoms with E-state index in [1.54, 1.807) is 11.9 Å². The molecule has 7 nitrogen and oxygen atoms in total. The molecule has 7 heteroatoms. The Morgan fingerprint density at radius 3 is 2.15 bits per heavy atom. The van der Waals surface area contributed by atoms with E-state index in [4.69, 9.17) is 9.84 Å². The topological polar surface area (TPSA) is 95.9 Å². The van der Waals surface area contributed by atoms with Gasteiger partial charge in [-0.1, -0.05) is 48.5 Å². The Hall–Kier alpha value is -3.35. The number of ether oxygens (including phenoxy) is 1. The Labute approximate surface area is 192 Å². The van der Waals surface area contributed by atoms with Gasteiger partial charge in [0.25, 0.3) is 0 Å². The molecule has 0 bridgehead atoms. The second-order valence-electron chi connectivity index (χ2n) is 9.39. The molecule has 2 aromatic carbocycles. The van der Waals surface area contributed by atoms with Gasteiger partial charge in [0.15, 0.2) is 0 Å². The number of nitrogens with one attached hydrogen (secondary N) is 1. The van der Waals surface area contributed by atoms with Crippen LogP contribution in [0.1, 0.15) is 42.7 Å². The van der Waals surface area contributed by atoms with Crippen molar-refractivity contribution >= 4 is 18.0 Å². The fourth-order valence-corrected chi connectivity index (χ4v) is 5.08. The molecule has 2 N–H and O–H groups in total. The van der Waals surface area contributed by atoms with E-state index in [9.17, 15) is 14.4 Å². The van der Waals surface area contributed by atoms with E-state index in [2.05, 4.69) is 29.6 Å². The number of rotatable bonds is 7. The number of carboxylic acid groups (broad SMARTS) is 1. The van der Waals surface area contributed by atoms with Crippen molar-refractivity contribution in [2.45, 2.75) is 43.7 Å². The predicted molar refractivity (Wildman–Crippen MR) is 122 cm³/mol. The smallest absolute Gasteiger partial charge is 0.407 e. The maximum absolute atomic E-state index is 13.1.